The normalized spacial score (nSPS) is 15.9. The average Bonchev–Trinajstić information content (AvgIpc) is 2.22. The molecule has 1 aliphatic rings. The predicted molar refractivity (Wildman–Crippen MR) is 59.4 cm³/mol. The Bertz CT molecular complexity index is 334. The van der Waals surface area contributed by atoms with Crippen LogP contribution in [0.5, 0.6) is 11.5 Å². The predicted octanol–water partition coefficient (Wildman–Crippen LogP) is 1.91. The molecule has 1 heterocycles. The van der Waals surface area contributed by atoms with Crippen LogP contribution < -0.4 is 9.47 Å². The first-order valence-corrected chi connectivity index (χ1v) is 5.27. The fraction of sp³-hybridized carbons (Fsp3) is 0.500. The van der Waals surface area contributed by atoms with Gasteiger partial charge in [-0.1, -0.05) is 12.1 Å². The average molecular weight is 207 g/mol. The molecular weight excluding hydrogens is 190 g/mol. The molecule has 0 bridgehead atoms. The lowest BCUT2D eigenvalue weighted by Gasteiger charge is -2.31. The van der Waals surface area contributed by atoms with Crippen molar-refractivity contribution in [2.75, 3.05) is 27.3 Å². The minimum Gasteiger partial charge on any atom is -0.493 e. The van der Waals surface area contributed by atoms with Gasteiger partial charge >= 0.3 is 0 Å². The van der Waals surface area contributed by atoms with Gasteiger partial charge in [0.1, 0.15) is 0 Å². The monoisotopic (exact) mass is 207 g/mol. The van der Waals surface area contributed by atoms with Crippen LogP contribution in [-0.2, 0) is 6.54 Å². The van der Waals surface area contributed by atoms with Gasteiger partial charge in [0.25, 0.3) is 0 Å². The van der Waals surface area contributed by atoms with Gasteiger partial charge < -0.3 is 9.47 Å². The van der Waals surface area contributed by atoms with Gasteiger partial charge in [0.05, 0.1) is 14.2 Å². The molecule has 0 amide bonds. The highest BCUT2D eigenvalue weighted by Crippen LogP contribution is 2.32. The van der Waals surface area contributed by atoms with Crippen molar-refractivity contribution < 1.29 is 9.47 Å². The van der Waals surface area contributed by atoms with Crippen LogP contribution in [0.25, 0.3) is 0 Å². The number of nitrogens with zero attached hydrogens (tertiary/aromatic N) is 1. The van der Waals surface area contributed by atoms with Crippen LogP contribution in [0.15, 0.2) is 18.2 Å². The van der Waals surface area contributed by atoms with E-state index in [0.717, 1.165) is 18.0 Å². The fourth-order valence-corrected chi connectivity index (χ4v) is 1.86. The van der Waals surface area contributed by atoms with Crippen molar-refractivity contribution in [3.05, 3.63) is 23.8 Å². The zero-order valence-electron chi connectivity index (χ0n) is 9.32. The highest BCUT2D eigenvalue weighted by molar-refractivity contribution is 5.46. The third-order valence-corrected chi connectivity index (χ3v) is 2.83. The zero-order valence-corrected chi connectivity index (χ0v) is 9.32. The molecule has 1 aromatic rings. The molecule has 15 heavy (non-hydrogen) atoms. The summed E-state index contributed by atoms with van der Waals surface area (Å²) in [7, 11) is 3.36. The first kappa shape index (κ1) is 10.3. The molecule has 0 spiro atoms. The van der Waals surface area contributed by atoms with Crippen LogP contribution in [-0.4, -0.2) is 32.2 Å². The van der Waals surface area contributed by atoms with Crippen LogP contribution in [0.1, 0.15) is 12.0 Å². The van der Waals surface area contributed by atoms with E-state index in [9.17, 15) is 0 Å². The number of hydrogen-bond acceptors (Lipinski definition) is 3. The molecule has 1 aliphatic heterocycles. The summed E-state index contributed by atoms with van der Waals surface area (Å²) < 4.78 is 10.7. The van der Waals surface area contributed by atoms with Crippen molar-refractivity contribution in [2.45, 2.75) is 13.0 Å². The van der Waals surface area contributed by atoms with Gasteiger partial charge in [-0.15, -0.1) is 0 Å². The summed E-state index contributed by atoms with van der Waals surface area (Å²) in [6.45, 7) is 3.35. The van der Waals surface area contributed by atoms with Crippen molar-refractivity contribution in [3.8, 4) is 11.5 Å². The zero-order chi connectivity index (χ0) is 10.7. The second kappa shape index (κ2) is 4.53. The molecule has 2 rings (SSSR count). The smallest absolute Gasteiger partial charge is 0.165 e. The Morgan fingerprint density at radius 1 is 1.20 bits per heavy atom. The largest absolute Gasteiger partial charge is 0.493 e. The first-order chi connectivity index (χ1) is 7.35. The minimum absolute atomic E-state index is 0.815. The van der Waals surface area contributed by atoms with E-state index in [0.29, 0.717) is 0 Å². The van der Waals surface area contributed by atoms with Gasteiger partial charge in [0.15, 0.2) is 11.5 Å². The van der Waals surface area contributed by atoms with Gasteiger partial charge in [-0.25, -0.2) is 0 Å². The van der Waals surface area contributed by atoms with Crippen LogP contribution in [0.3, 0.4) is 0 Å². The molecule has 0 radical (unpaired) electrons. The number of rotatable bonds is 4. The Labute approximate surface area is 90.6 Å². The quantitative estimate of drug-likeness (QED) is 0.752. The maximum atomic E-state index is 5.39. The molecule has 1 fully saturated rings. The van der Waals surface area contributed by atoms with E-state index in [1.54, 1.807) is 14.2 Å². The number of methoxy groups -OCH3 is 2. The number of likely N-dealkylation sites (tertiary alicyclic amines) is 1. The van der Waals surface area contributed by atoms with Gasteiger partial charge in [0, 0.05) is 12.1 Å². The third-order valence-electron chi connectivity index (χ3n) is 2.83. The molecule has 3 nitrogen and oxygen atoms in total. The van der Waals surface area contributed by atoms with E-state index in [1.165, 1.54) is 25.1 Å². The number of hydrogen-bond donors (Lipinski definition) is 0. The summed E-state index contributed by atoms with van der Waals surface area (Å²) >= 11 is 0. The molecule has 0 atom stereocenters. The molecule has 0 saturated carbocycles. The SMILES string of the molecule is COc1cccc(CN2CCC2)c1OC. The molecule has 1 saturated heterocycles. The van der Waals surface area contributed by atoms with Crippen molar-refractivity contribution in [1.29, 1.82) is 0 Å². The van der Waals surface area contributed by atoms with E-state index in [4.69, 9.17) is 9.47 Å². The molecule has 3 heteroatoms. The van der Waals surface area contributed by atoms with Crippen molar-refractivity contribution >= 4 is 0 Å². The molecule has 0 N–H and O–H groups in total. The molecule has 0 aliphatic carbocycles. The van der Waals surface area contributed by atoms with Crippen molar-refractivity contribution in [1.82, 2.24) is 4.90 Å². The van der Waals surface area contributed by atoms with Gasteiger partial charge in [-0.3, -0.25) is 4.90 Å². The second-order valence-corrected chi connectivity index (χ2v) is 3.78. The maximum Gasteiger partial charge on any atom is 0.165 e. The lowest BCUT2D eigenvalue weighted by atomic mass is 10.1. The van der Waals surface area contributed by atoms with E-state index in [1.807, 2.05) is 12.1 Å². The first-order valence-electron chi connectivity index (χ1n) is 5.27. The summed E-state index contributed by atoms with van der Waals surface area (Å²) in [6.07, 6.45) is 1.31. The van der Waals surface area contributed by atoms with Crippen LogP contribution in [0.2, 0.25) is 0 Å². The number of para-hydroxylation sites is 1. The number of benzene rings is 1. The highest BCUT2D eigenvalue weighted by Gasteiger charge is 2.17. The summed E-state index contributed by atoms with van der Waals surface area (Å²) in [5.41, 5.74) is 1.21. The second-order valence-electron chi connectivity index (χ2n) is 3.78. The van der Waals surface area contributed by atoms with Crippen molar-refractivity contribution in [3.63, 3.8) is 0 Å². The van der Waals surface area contributed by atoms with Crippen molar-refractivity contribution in [2.24, 2.45) is 0 Å². The van der Waals surface area contributed by atoms with Gasteiger partial charge in [-0.05, 0) is 25.6 Å². The van der Waals surface area contributed by atoms with Crippen LogP contribution in [0, 0.1) is 0 Å². The Kier molecular flexibility index (Phi) is 3.11. The molecule has 82 valence electrons. The molecule has 0 aromatic heterocycles. The summed E-state index contributed by atoms with van der Waals surface area (Å²) in [6, 6.07) is 6.04. The molecule has 1 aromatic carbocycles. The minimum atomic E-state index is 0.815. The summed E-state index contributed by atoms with van der Waals surface area (Å²) in [4.78, 5) is 2.40. The van der Waals surface area contributed by atoms with E-state index < -0.39 is 0 Å². The van der Waals surface area contributed by atoms with E-state index in [-0.39, 0.29) is 0 Å². The standard InChI is InChI=1S/C12H17NO2/c1-14-11-6-3-5-10(12(11)15-2)9-13-7-4-8-13/h3,5-6H,4,7-9H2,1-2H3. The number of ether oxygens (including phenoxy) is 2. The highest BCUT2D eigenvalue weighted by atomic mass is 16.5. The third kappa shape index (κ3) is 2.07. The Hall–Kier alpha value is -1.22. The van der Waals surface area contributed by atoms with E-state index in [2.05, 4.69) is 11.0 Å². The van der Waals surface area contributed by atoms with Gasteiger partial charge in [0.2, 0.25) is 0 Å². The van der Waals surface area contributed by atoms with Crippen LogP contribution in [0.4, 0.5) is 0 Å². The fourth-order valence-electron chi connectivity index (χ4n) is 1.86. The topological polar surface area (TPSA) is 21.7 Å². The van der Waals surface area contributed by atoms with Gasteiger partial charge in [-0.2, -0.15) is 0 Å². The summed E-state index contributed by atoms with van der Waals surface area (Å²) in [5, 5.41) is 0. The Morgan fingerprint density at radius 3 is 2.53 bits per heavy atom. The molecular formula is C12H17NO2. The summed E-state index contributed by atoms with van der Waals surface area (Å²) in [5.74, 6) is 1.68. The maximum absolute atomic E-state index is 5.39. The molecule has 0 unspecified atom stereocenters. The van der Waals surface area contributed by atoms with E-state index >= 15 is 0 Å². The lowest BCUT2D eigenvalue weighted by Crippen LogP contribution is -2.36. The Morgan fingerprint density at radius 2 is 2.00 bits per heavy atom. The lowest BCUT2D eigenvalue weighted by molar-refractivity contribution is 0.170. The van der Waals surface area contributed by atoms with Crippen LogP contribution >= 0.6 is 0 Å². The Balaban J connectivity index is 2.20.